The minimum absolute atomic E-state index is 0.0528. The molecule has 1 N–H and O–H groups in total. The number of nitrogens with zero attached hydrogens (tertiary/aromatic N) is 2. The highest BCUT2D eigenvalue weighted by molar-refractivity contribution is 14.1. The number of alkyl halides is 6. The summed E-state index contributed by atoms with van der Waals surface area (Å²) in [5.41, 5.74) is -3.68. The van der Waals surface area contributed by atoms with E-state index in [9.17, 15) is 46.5 Å². The molecule has 0 atom stereocenters. The molecule has 0 saturated carbocycles. The van der Waals surface area contributed by atoms with Crippen molar-refractivity contribution in [3.8, 4) is 23.3 Å². The summed E-state index contributed by atoms with van der Waals surface area (Å²) in [6.45, 7) is 0. The van der Waals surface area contributed by atoms with E-state index in [4.69, 9.17) is 9.47 Å². The number of nitrogens with one attached hydrogen (secondary N) is 1. The molecule has 0 aliphatic heterocycles. The van der Waals surface area contributed by atoms with Crippen LogP contribution in [0, 0.1) is 25.0 Å². The number of benzene rings is 3. The van der Waals surface area contributed by atoms with Gasteiger partial charge in [0.1, 0.15) is 11.6 Å². The SMILES string of the molecule is COc1cc(/C=C(\C#N)C(=O)Nc2cccc(C(F)(F)F)c2)cc(I)c1Oc1ccc(C(F)(F)F)cc1[N+](=O)[O-]. The Balaban J connectivity index is 1.94. The Hall–Kier alpha value is -4.33. The molecule has 1 amide bonds. The first-order valence-corrected chi connectivity index (χ1v) is 11.7. The van der Waals surface area contributed by atoms with Crippen LogP contribution in [0.25, 0.3) is 6.08 Å². The molecule has 0 unspecified atom stereocenters. The van der Waals surface area contributed by atoms with Crippen molar-refractivity contribution in [2.45, 2.75) is 12.4 Å². The number of hydrogen-bond acceptors (Lipinski definition) is 6. The Morgan fingerprint density at radius 1 is 1.02 bits per heavy atom. The van der Waals surface area contributed by atoms with Gasteiger partial charge in [-0.25, -0.2) is 0 Å². The number of carbonyl (C=O) groups excluding carboxylic acids is 1. The van der Waals surface area contributed by atoms with Crippen molar-refractivity contribution in [3.05, 3.63) is 90.5 Å². The van der Waals surface area contributed by atoms with Gasteiger partial charge in [-0.15, -0.1) is 0 Å². The van der Waals surface area contributed by atoms with Gasteiger partial charge in [0.15, 0.2) is 11.5 Å². The van der Waals surface area contributed by atoms with Crippen molar-refractivity contribution in [2.24, 2.45) is 0 Å². The second kappa shape index (κ2) is 11.8. The fourth-order valence-electron chi connectivity index (χ4n) is 3.24. The van der Waals surface area contributed by atoms with Gasteiger partial charge in [-0.1, -0.05) is 6.07 Å². The van der Waals surface area contributed by atoms with E-state index in [1.807, 2.05) is 0 Å². The minimum Gasteiger partial charge on any atom is -0.493 e. The van der Waals surface area contributed by atoms with E-state index >= 15 is 0 Å². The summed E-state index contributed by atoms with van der Waals surface area (Å²) in [7, 11) is 1.21. The van der Waals surface area contributed by atoms with Crippen LogP contribution >= 0.6 is 22.6 Å². The van der Waals surface area contributed by atoms with Gasteiger partial charge in [0.25, 0.3) is 5.91 Å². The number of nitro groups is 1. The number of hydrogen-bond donors (Lipinski definition) is 1. The summed E-state index contributed by atoms with van der Waals surface area (Å²) in [4.78, 5) is 22.9. The van der Waals surface area contributed by atoms with Gasteiger partial charge >= 0.3 is 18.0 Å². The maximum atomic E-state index is 13.0. The fraction of sp³-hybridized carbons (Fsp3) is 0.120. The van der Waals surface area contributed by atoms with Gasteiger partial charge in [-0.05, 0) is 76.7 Å². The van der Waals surface area contributed by atoms with Crippen molar-refractivity contribution in [1.82, 2.24) is 0 Å². The van der Waals surface area contributed by atoms with Crippen LogP contribution in [0.2, 0.25) is 0 Å². The Bertz CT molecular complexity index is 1550. The summed E-state index contributed by atoms with van der Waals surface area (Å²) < 4.78 is 88.9. The Kier molecular flexibility index (Phi) is 8.93. The molecule has 8 nitrogen and oxygen atoms in total. The number of rotatable bonds is 7. The maximum Gasteiger partial charge on any atom is 0.416 e. The first-order chi connectivity index (χ1) is 18.6. The second-order valence-corrected chi connectivity index (χ2v) is 8.94. The van der Waals surface area contributed by atoms with E-state index in [0.29, 0.717) is 18.2 Å². The smallest absolute Gasteiger partial charge is 0.416 e. The summed E-state index contributed by atoms with van der Waals surface area (Å²) in [6, 6.07) is 9.84. The zero-order valence-electron chi connectivity index (χ0n) is 19.9. The molecule has 3 aromatic carbocycles. The fourth-order valence-corrected chi connectivity index (χ4v) is 3.98. The molecule has 40 heavy (non-hydrogen) atoms. The molecule has 0 heterocycles. The zero-order chi connectivity index (χ0) is 29.8. The summed E-state index contributed by atoms with van der Waals surface area (Å²) >= 11 is 1.74. The van der Waals surface area contributed by atoms with Crippen LogP contribution < -0.4 is 14.8 Å². The van der Waals surface area contributed by atoms with Gasteiger partial charge in [-0.3, -0.25) is 14.9 Å². The molecule has 0 saturated heterocycles. The lowest BCUT2D eigenvalue weighted by Gasteiger charge is -2.14. The molecule has 3 aromatic rings. The standard InChI is InChI=1S/C25H14F6IN3O5/c1-39-21-9-13(7-14(12-33)23(36)34-17-4-2-3-15(10-17)24(26,27)28)8-18(32)22(21)40-20-6-5-16(25(29,30)31)11-19(20)35(37)38/h2-11H,1H3,(H,34,36)/b14-7+. The number of ether oxygens (including phenoxy) is 2. The summed E-state index contributed by atoms with van der Waals surface area (Å²) in [6.07, 6.45) is -8.36. The van der Waals surface area contributed by atoms with Crippen LogP contribution in [0.4, 0.5) is 37.7 Å². The van der Waals surface area contributed by atoms with Crippen LogP contribution in [0.15, 0.2) is 60.2 Å². The number of amides is 1. The molecule has 0 radical (unpaired) electrons. The van der Waals surface area contributed by atoms with Crippen LogP contribution in [0.5, 0.6) is 17.2 Å². The number of methoxy groups -OCH3 is 1. The third kappa shape index (κ3) is 7.20. The van der Waals surface area contributed by atoms with Crippen molar-refractivity contribution in [2.75, 3.05) is 12.4 Å². The predicted octanol–water partition coefficient (Wildman–Crippen LogP) is 7.58. The molecule has 0 spiro atoms. The van der Waals surface area contributed by atoms with Gasteiger partial charge in [0, 0.05) is 11.8 Å². The van der Waals surface area contributed by atoms with Crippen molar-refractivity contribution < 1.29 is 45.5 Å². The van der Waals surface area contributed by atoms with Gasteiger partial charge in [-0.2, -0.15) is 31.6 Å². The van der Waals surface area contributed by atoms with Crippen LogP contribution in [-0.4, -0.2) is 17.9 Å². The minimum atomic E-state index is -4.82. The van der Waals surface area contributed by atoms with Crippen molar-refractivity contribution in [1.29, 1.82) is 5.26 Å². The molecule has 0 fully saturated rings. The number of nitro benzene ring substituents is 1. The van der Waals surface area contributed by atoms with E-state index in [2.05, 4.69) is 5.32 Å². The van der Waals surface area contributed by atoms with Crippen LogP contribution in [-0.2, 0) is 17.1 Å². The Labute approximate surface area is 235 Å². The highest BCUT2D eigenvalue weighted by Gasteiger charge is 2.34. The van der Waals surface area contributed by atoms with E-state index in [-0.39, 0.29) is 26.3 Å². The van der Waals surface area contributed by atoms with Crippen LogP contribution in [0.1, 0.15) is 16.7 Å². The number of anilines is 1. The van der Waals surface area contributed by atoms with E-state index in [1.54, 1.807) is 28.7 Å². The third-order valence-electron chi connectivity index (χ3n) is 5.07. The number of carbonyl (C=O) groups is 1. The van der Waals surface area contributed by atoms with Crippen molar-refractivity contribution >= 4 is 45.9 Å². The molecule has 0 bridgehead atoms. The quantitative estimate of drug-likeness (QED) is 0.0689. The lowest BCUT2D eigenvalue weighted by Crippen LogP contribution is -2.14. The number of halogens is 7. The van der Waals surface area contributed by atoms with Crippen molar-refractivity contribution in [3.63, 3.8) is 0 Å². The third-order valence-corrected chi connectivity index (χ3v) is 5.87. The predicted molar refractivity (Wildman–Crippen MR) is 138 cm³/mol. The topological polar surface area (TPSA) is 114 Å². The average Bonchev–Trinajstić information content (AvgIpc) is 2.87. The molecule has 208 valence electrons. The molecular formula is C25H14F6IN3O5. The van der Waals surface area contributed by atoms with Gasteiger partial charge in [0.2, 0.25) is 5.75 Å². The Morgan fingerprint density at radius 3 is 2.25 bits per heavy atom. The highest BCUT2D eigenvalue weighted by atomic mass is 127. The summed E-state index contributed by atoms with van der Waals surface area (Å²) in [5.74, 6) is -1.66. The molecule has 0 aromatic heterocycles. The molecule has 15 heteroatoms. The molecule has 0 aliphatic rings. The molecular weight excluding hydrogens is 663 g/mol. The zero-order valence-corrected chi connectivity index (χ0v) is 22.0. The number of nitriles is 1. The molecule has 3 rings (SSSR count). The largest absolute Gasteiger partial charge is 0.493 e. The van der Waals surface area contributed by atoms with Crippen LogP contribution in [0.3, 0.4) is 0 Å². The first-order valence-electron chi connectivity index (χ1n) is 10.7. The molecule has 0 aliphatic carbocycles. The van der Waals surface area contributed by atoms with E-state index in [0.717, 1.165) is 24.3 Å². The van der Waals surface area contributed by atoms with Gasteiger partial charge < -0.3 is 14.8 Å². The lowest BCUT2D eigenvalue weighted by molar-refractivity contribution is -0.385. The first kappa shape index (κ1) is 30.2. The van der Waals surface area contributed by atoms with E-state index in [1.165, 1.54) is 25.3 Å². The maximum absolute atomic E-state index is 13.0. The highest BCUT2D eigenvalue weighted by Crippen LogP contribution is 2.42. The Morgan fingerprint density at radius 2 is 1.68 bits per heavy atom. The summed E-state index contributed by atoms with van der Waals surface area (Å²) in [5, 5.41) is 23.1. The van der Waals surface area contributed by atoms with Gasteiger partial charge in [0.05, 0.1) is 26.7 Å². The lowest BCUT2D eigenvalue weighted by atomic mass is 10.1. The second-order valence-electron chi connectivity index (χ2n) is 7.78. The van der Waals surface area contributed by atoms with E-state index < -0.39 is 51.3 Å². The average molecular weight is 677 g/mol. The monoisotopic (exact) mass is 677 g/mol. The normalized spacial score (nSPS) is 11.9.